The molecular weight excluding hydrogens is 304 g/mol. The number of nitrogens with one attached hydrogen (secondary N) is 2. The van der Waals surface area contributed by atoms with E-state index in [1.54, 1.807) is 0 Å². The zero-order valence-electron chi connectivity index (χ0n) is 13.7. The third kappa shape index (κ3) is 6.00. The summed E-state index contributed by atoms with van der Waals surface area (Å²) in [6, 6.07) is 16.9. The first-order valence-corrected chi connectivity index (χ1v) is 7.84. The van der Waals surface area contributed by atoms with Crippen LogP contribution in [0, 0.1) is 0 Å². The average molecular weight is 326 g/mol. The van der Waals surface area contributed by atoms with Crippen molar-refractivity contribution in [3.63, 3.8) is 0 Å². The van der Waals surface area contributed by atoms with Crippen LogP contribution in [-0.4, -0.2) is 25.0 Å². The highest BCUT2D eigenvalue weighted by molar-refractivity contribution is 5.94. The maximum absolute atomic E-state index is 11.5. The number of rotatable bonds is 7. The highest BCUT2D eigenvalue weighted by atomic mass is 16.5. The summed E-state index contributed by atoms with van der Waals surface area (Å²) in [4.78, 5) is 15.5. The van der Waals surface area contributed by atoms with Gasteiger partial charge in [-0.1, -0.05) is 31.2 Å². The molecule has 2 rings (SSSR count). The average Bonchev–Trinajstić information content (AvgIpc) is 2.59. The van der Waals surface area contributed by atoms with Crippen molar-refractivity contribution in [1.29, 1.82) is 0 Å². The van der Waals surface area contributed by atoms with E-state index in [1.165, 1.54) is 0 Å². The lowest BCUT2D eigenvalue weighted by atomic mass is 10.3. The van der Waals surface area contributed by atoms with Crippen molar-refractivity contribution < 1.29 is 9.53 Å². The number of guanidine groups is 1. The Morgan fingerprint density at radius 2 is 1.88 bits per heavy atom. The van der Waals surface area contributed by atoms with Gasteiger partial charge in [-0.2, -0.15) is 0 Å². The van der Waals surface area contributed by atoms with Crippen LogP contribution in [0.5, 0.6) is 11.5 Å². The van der Waals surface area contributed by atoms with Gasteiger partial charge < -0.3 is 21.1 Å². The molecule has 0 aliphatic heterocycles. The van der Waals surface area contributed by atoms with E-state index in [9.17, 15) is 4.79 Å². The van der Waals surface area contributed by atoms with Gasteiger partial charge in [-0.05, 0) is 30.7 Å². The minimum absolute atomic E-state index is 0.000953. The first kappa shape index (κ1) is 17.3. The summed E-state index contributed by atoms with van der Waals surface area (Å²) in [6.45, 7) is 2.63. The normalized spacial score (nSPS) is 11.0. The molecule has 0 saturated heterocycles. The van der Waals surface area contributed by atoms with Crippen LogP contribution < -0.4 is 21.1 Å². The maximum Gasteiger partial charge on any atom is 0.241 e. The third-order valence-electron chi connectivity index (χ3n) is 3.05. The maximum atomic E-state index is 11.5. The predicted molar refractivity (Wildman–Crippen MR) is 96.4 cm³/mol. The fraction of sp³-hybridized carbons (Fsp3) is 0.222. The standard InChI is InChI=1S/C18H22N4O2/c1-2-11-20-17(23)13-21-18(19)22-14-7-6-10-16(12-14)24-15-8-4-3-5-9-15/h3-10,12H,2,11,13H2,1H3,(H,20,23)(H3,19,21,22). The fourth-order valence-electron chi connectivity index (χ4n) is 1.93. The van der Waals surface area contributed by atoms with Crippen LogP contribution in [0.4, 0.5) is 5.69 Å². The van der Waals surface area contributed by atoms with E-state index < -0.39 is 0 Å². The molecule has 2 aromatic carbocycles. The predicted octanol–water partition coefficient (Wildman–Crippen LogP) is 2.73. The third-order valence-corrected chi connectivity index (χ3v) is 3.05. The number of amides is 1. The molecule has 0 unspecified atom stereocenters. The largest absolute Gasteiger partial charge is 0.457 e. The van der Waals surface area contributed by atoms with E-state index in [4.69, 9.17) is 10.5 Å². The molecule has 0 radical (unpaired) electrons. The molecule has 0 saturated carbocycles. The second kappa shape index (κ2) is 9.19. The van der Waals surface area contributed by atoms with Gasteiger partial charge in [0.25, 0.3) is 0 Å². The second-order valence-electron chi connectivity index (χ2n) is 5.12. The van der Waals surface area contributed by atoms with Gasteiger partial charge in [0.1, 0.15) is 18.0 Å². The van der Waals surface area contributed by atoms with Crippen molar-refractivity contribution in [1.82, 2.24) is 5.32 Å². The molecule has 0 aromatic heterocycles. The van der Waals surface area contributed by atoms with Crippen molar-refractivity contribution in [2.45, 2.75) is 13.3 Å². The van der Waals surface area contributed by atoms with E-state index in [0.717, 1.165) is 17.9 Å². The fourth-order valence-corrected chi connectivity index (χ4v) is 1.93. The van der Waals surface area contributed by atoms with Crippen LogP contribution in [0.25, 0.3) is 0 Å². The lowest BCUT2D eigenvalue weighted by molar-refractivity contribution is -0.119. The number of para-hydroxylation sites is 1. The molecule has 1 amide bonds. The quantitative estimate of drug-likeness (QED) is 0.539. The van der Waals surface area contributed by atoms with Crippen molar-refractivity contribution >= 4 is 17.6 Å². The molecule has 0 atom stereocenters. The molecule has 126 valence electrons. The lowest BCUT2D eigenvalue weighted by Gasteiger charge is -2.09. The summed E-state index contributed by atoms with van der Waals surface area (Å²) in [5.74, 6) is 1.46. The molecule has 0 fully saturated rings. The summed E-state index contributed by atoms with van der Waals surface area (Å²) in [5.41, 5.74) is 6.54. The van der Waals surface area contributed by atoms with Gasteiger partial charge in [0.15, 0.2) is 5.96 Å². The summed E-state index contributed by atoms with van der Waals surface area (Å²) < 4.78 is 5.76. The molecule has 0 bridgehead atoms. The number of carbonyl (C=O) groups is 1. The van der Waals surface area contributed by atoms with Gasteiger partial charge >= 0.3 is 0 Å². The molecule has 0 aliphatic carbocycles. The number of nitrogens with two attached hydrogens (primary N) is 1. The molecule has 0 spiro atoms. The summed E-state index contributed by atoms with van der Waals surface area (Å²) >= 11 is 0. The Bertz CT molecular complexity index is 686. The van der Waals surface area contributed by atoms with Crippen molar-refractivity contribution in [2.75, 3.05) is 18.4 Å². The van der Waals surface area contributed by atoms with Gasteiger partial charge in [-0.15, -0.1) is 0 Å². The molecule has 6 heteroatoms. The molecule has 2 aromatic rings. The van der Waals surface area contributed by atoms with E-state index in [-0.39, 0.29) is 18.4 Å². The number of carbonyl (C=O) groups excluding carboxylic acids is 1. The van der Waals surface area contributed by atoms with Crippen LogP contribution in [0.15, 0.2) is 59.6 Å². The topological polar surface area (TPSA) is 88.7 Å². The zero-order valence-corrected chi connectivity index (χ0v) is 13.7. The Kier molecular flexibility index (Phi) is 6.64. The van der Waals surface area contributed by atoms with Gasteiger partial charge in [0.2, 0.25) is 5.91 Å². The first-order valence-electron chi connectivity index (χ1n) is 7.84. The van der Waals surface area contributed by atoms with Gasteiger partial charge in [-0.25, -0.2) is 4.99 Å². The molecule has 0 aliphatic rings. The van der Waals surface area contributed by atoms with E-state index >= 15 is 0 Å². The Hall–Kier alpha value is -3.02. The van der Waals surface area contributed by atoms with Gasteiger partial charge in [0, 0.05) is 18.3 Å². The highest BCUT2D eigenvalue weighted by Gasteiger charge is 2.02. The summed E-state index contributed by atoms with van der Waals surface area (Å²) in [5, 5.41) is 5.69. The number of anilines is 1. The molecule has 4 N–H and O–H groups in total. The van der Waals surface area contributed by atoms with Crippen molar-refractivity contribution in [2.24, 2.45) is 10.7 Å². The monoisotopic (exact) mass is 326 g/mol. The lowest BCUT2D eigenvalue weighted by Crippen LogP contribution is -2.29. The number of hydrogen-bond acceptors (Lipinski definition) is 3. The Morgan fingerprint density at radius 1 is 1.12 bits per heavy atom. The Balaban J connectivity index is 1.92. The van der Waals surface area contributed by atoms with Crippen molar-refractivity contribution in [3.05, 3.63) is 54.6 Å². The number of nitrogens with zero attached hydrogens (tertiary/aromatic N) is 1. The Labute approximate surface area is 141 Å². The van der Waals surface area contributed by atoms with Crippen molar-refractivity contribution in [3.8, 4) is 11.5 Å². The van der Waals surface area contributed by atoms with E-state index in [2.05, 4.69) is 15.6 Å². The minimum atomic E-state index is -0.150. The number of ether oxygens (including phenoxy) is 1. The van der Waals surface area contributed by atoms with E-state index in [0.29, 0.717) is 12.3 Å². The minimum Gasteiger partial charge on any atom is -0.457 e. The highest BCUT2D eigenvalue weighted by Crippen LogP contribution is 2.23. The van der Waals surface area contributed by atoms with E-state index in [1.807, 2.05) is 61.5 Å². The van der Waals surface area contributed by atoms with Crippen LogP contribution in [0.2, 0.25) is 0 Å². The summed E-state index contributed by atoms with van der Waals surface area (Å²) in [6.07, 6.45) is 0.886. The zero-order chi connectivity index (χ0) is 17.2. The van der Waals surface area contributed by atoms with Crippen LogP contribution in [0.1, 0.15) is 13.3 Å². The SMILES string of the molecule is CCCNC(=O)CN=C(N)Nc1cccc(Oc2ccccc2)c1. The number of benzene rings is 2. The molecule has 0 heterocycles. The van der Waals surface area contributed by atoms with Gasteiger partial charge in [-0.3, -0.25) is 4.79 Å². The molecular formula is C18H22N4O2. The van der Waals surface area contributed by atoms with Crippen LogP contribution >= 0.6 is 0 Å². The molecule has 6 nitrogen and oxygen atoms in total. The summed E-state index contributed by atoms with van der Waals surface area (Å²) in [7, 11) is 0. The first-order chi connectivity index (χ1) is 11.7. The molecule has 24 heavy (non-hydrogen) atoms. The number of hydrogen-bond donors (Lipinski definition) is 3. The van der Waals surface area contributed by atoms with Crippen LogP contribution in [0.3, 0.4) is 0 Å². The number of aliphatic imine (C=N–C) groups is 1. The smallest absolute Gasteiger partial charge is 0.241 e. The van der Waals surface area contributed by atoms with Crippen LogP contribution in [-0.2, 0) is 4.79 Å². The van der Waals surface area contributed by atoms with Gasteiger partial charge in [0.05, 0.1) is 0 Å². The second-order valence-corrected chi connectivity index (χ2v) is 5.12. The Morgan fingerprint density at radius 3 is 2.62 bits per heavy atom.